The van der Waals surface area contributed by atoms with E-state index in [1.165, 1.54) is 29.2 Å². The zero-order valence-electron chi connectivity index (χ0n) is 12.1. The van der Waals surface area contributed by atoms with E-state index >= 15 is 0 Å². The van der Waals surface area contributed by atoms with Crippen molar-refractivity contribution in [2.45, 2.75) is 18.9 Å². The highest BCUT2D eigenvalue weighted by Gasteiger charge is 2.47. The Morgan fingerprint density at radius 2 is 2.00 bits per heavy atom. The molecular formula is C14H14N4O5. The Morgan fingerprint density at radius 3 is 2.61 bits per heavy atom. The first-order valence-electron chi connectivity index (χ1n) is 7.13. The van der Waals surface area contributed by atoms with Crippen LogP contribution in [0.5, 0.6) is 0 Å². The van der Waals surface area contributed by atoms with Crippen LogP contribution < -0.4 is 5.32 Å². The lowest BCUT2D eigenvalue weighted by Gasteiger charge is -2.15. The molecule has 1 atom stereocenters. The molecule has 23 heavy (non-hydrogen) atoms. The van der Waals surface area contributed by atoms with Gasteiger partial charge < -0.3 is 10.2 Å². The number of nitrogens with zero attached hydrogens (tertiary/aromatic N) is 3. The lowest BCUT2D eigenvalue weighted by Crippen LogP contribution is -2.39. The van der Waals surface area contributed by atoms with Crippen LogP contribution in [0.25, 0.3) is 0 Å². The molecule has 0 spiro atoms. The number of nitro benzene ring substituents is 1. The van der Waals surface area contributed by atoms with Crippen LogP contribution in [-0.2, 0) is 9.59 Å². The molecule has 1 aromatic rings. The SMILES string of the molecule is O=C(CN1C(=O)C2CCCN2C1=O)Nc1ccc([N+](=O)[O-])cc1. The van der Waals surface area contributed by atoms with Crippen molar-refractivity contribution in [1.29, 1.82) is 0 Å². The zero-order chi connectivity index (χ0) is 16.6. The normalized spacial score (nSPS) is 19.9. The van der Waals surface area contributed by atoms with Crippen LogP contribution in [0, 0.1) is 10.1 Å². The maximum atomic E-state index is 12.1. The maximum absolute atomic E-state index is 12.1. The Labute approximate surface area is 131 Å². The van der Waals surface area contributed by atoms with Gasteiger partial charge >= 0.3 is 6.03 Å². The summed E-state index contributed by atoms with van der Waals surface area (Å²) in [5.74, 6) is -0.868. The van der Waals surface area contributed by atoms with Gasteiger partial charge in [0.15, 0.2) is 0 Å². The van der Waals surface area contributed by atoms with Crippen molar-refractivity contribution in [3.8, 4) is 0 Å². The monoisotopic (exact) mass is 318 g/mol. The Kier molecular flexibility index (Phi) is 3.68. The summed E-state index contributed by atoms with van der Waals surface area (Å²) in [7, 11) is 0. The van der Waals surface area contributed by atoms with Crippen molar-refractivity contribution in [3.63, 3.8) is 0 Å². The summed E-state index contributed by atoms with van der Waals surface area (Å²) < 4.78 is 0. The summed E-state index contributed by atoms with van der Waals surface area (Å²) in [5.41, 5.74) is 0.272. The molecule has 9 heteroatoms. The molecular weight excluding hydrogens is 304 g/mol. The van der Waals surface area contributed by atoms with E-state index in [9.17, 15) is 24.5 Å². The predicted octanol–water partition coefficient (Wildman–Crippen LogP) is 0.960. The summed E-state index contributed by atoms with van der Waals surface area (Å²) in [5, 5.41) is 13.1. The van der Waals surface area contributed by atoms with Crippen LogP contribution in [0.15, 0.2) is 24.3 Å². The largest absolute Gasteiger partial charge is 0.327 e. The third-order valence-corrected chi connectivity index (χ3v) is 3.94. The van der Waals surface area contributed by atoms with E-state index in [4.69, 9.17) is 0 Å². The van der Waals surface area contributed by atoms with Crippen molar-refractivity contribution >= 4 is 29.2 Å². The van der Waals surface area contributed by atoms with E-state index in [1.807, 2.05) is 0 Å². The van der Waals surface area contributed by atoms with Crippen LogP contribution in [-0.4, -0.2) is 51.7 Å². The number of fused-ring (bicyclic) bond motifs is 1. The highest BCUT2D eigenvalue weighted by atomic mass is 16.6. The molecule has 1 N–H and O–H groups in total. The second kappa shape index (κ2) is 5.67. The summed E-state index contributed by atoms with van der Waals surface area (Å²) in [6.45, 7) is 0.178. The van der Waals surface area contributed by atoms with Gasteiger partial charge in [-0.1, -0.05) is 0 Å². The first-order valence-corrected chi connectivity index (χ1v) is 7.13. The molecule has 0 aliphatic carbocycles. The summed E-state index contributed by atoms with van der Waals surface area (Å²) in [6, 6.07) is 4.44. The molecule has 3 rings (SSSR count). The summed E-state index contributed by atoms with van der Waals surface area (Å²) in [6.07, 6.45) is 1.43. The number of hydrogen-bond donors (Lipinski definition) is 1. The average Bonchev–Trinajstić information content (AvgIpc) is 3.08. The number of carbonyl (C=O) groups excluding carboxylic acids is 3. The molecule has 2 fully saturated rings. The maximum Gasteiger partial charge on any atom is 0.327 e. The molecule has 1 aromatic carbocycles. The molecule has 4 amide bonds. The Bertz CT molecular complexity index is 665. The van der Waals surface area contributed by atoms with Crippen LogP contribution in [0.3, 0.4) is 0 Å². The van der Waals surface area contributed by atoms with Gasteiger partial charge in [0, 0.05) is 24.4 Å². The lowest BCUT2D eigenvalue weighted by atomic mass is 10.2. The van der Waals surface area contributed by atoms with Gasteiger partial charge in [-0.15, -0.1) is 0 Å². The number of amides is 4. The fourth-order valence-electron chi connectivity index (χ4n) is 2.84. The number of urea groups is 1. The number of anilines is 1. The van der Waals surface area contributed by atoms with Gasteiger partial charge in [0.1, 0.15) is 12.6 Å². The minimum Gasteiger partial charge on any atom is -0.325 e. The van der Waals surface area contributed by atoms with Gasteiger partial charge in [-0.05, 0) is 25.0 Å². The van der Waals surface area contributed by atoms with Crippen LogP contribution in [0.4, 0.5) is 16.2 Å². The first kappa shape index (κ1) is 14.9. The number of nitrogens with one attached hydrogen (secondary N) is 1. The Hall–Kier alpha value is -2.97. The highest BCUT2D eigenvalue weighted by molar-refractivity contribution is 6.08. The number of imide groups is 1. The Balaban J connectivity index is 1.62. The number of hydrogen-bond acceptors (Lipinski definition) is 5. The number of non-ortho nitro benzene ring substituents is 1. The van der Waals surface area contributed by atoms with Crippen molar-refractivity contribution in [2.24, 2.45) is 0 Å². The molecule has 2 aliphatic heterocycles. The predicted molar refractivity (Wildman–Crippen MR) is 78.6 cm³/mol. The second-order valence-corrected chi connectivity index (χ2v) is 5.41. The van der Waals surface area contributed by atoms with Gasteiger partial charge in [0.25, 0.3) is 11.6 Å². The van der Waals surface area contributed by atoms with Crippen molar-refractivity contribution in [1.82, 2.24) is 9.80 Å². The van der Waals surface area contributed by atoms with Gasteiger partial charge in [-0.3, -0.25) is 24.6 Å². The van der Waals surface area contributed by atoms with Crippen molar-refractivity contribution in [2.75, 3.05) is 18.4 Å². The third-order valence-electron chi connectivity index (χ3n) is 3.94. The fraction of sp³-hybridized carbons (Fsp3) is 0.357. The van der Waals surface area contributed by atoms with Gasteiger partial charge in [-0.2, -0.15) is 0 Å². The van der Waals surface area contributed by atoms with E-state index in [1.54, 1.807) is 0 Å². The number of carbonyl (C=O) groups is 3. The van der Waals surface area contributed by atoms with Gasteiger partial charge in [0.2, 0.25) is 5.91 Å². The second-order valence-electron chi connectivity index (χ2n) is 5.41. The Morgan fingerprint density at radius 1 is 1.30 bits per heavy atom. The molecule has 2 saturated heterocycles. The molecule has 120 valence electrons. The summed E-state index contributed by atoms with van der Waals surface area (Å²) >= 11 is 0. The topological polar surface area (TPSA) is 113 Å². The molecule has 0 saturated carbocycles. The van der Waals surface area contributed by atoms with Crippen LogP contribution in [0.2, 0.25) is 0 Å². The number of nitro groups is 1. The first-order chi connectivity index (χ1) is 11.0. The molecule has 0 radical (unpaired) electrons. The van der Waals surface area contributed by atoms with E-state index < -0.39 is 22.9 Å². The van der Waals surface area contributed by atoms with Crippen molar-refractivity contribution in [3.05, 3.63) is 34.4 Å². The fourth-order valence-corrected chi connectivity index (χ4v) is 2.84. The molecule has 0 aromatic heterocycles. The smallest absolute Gasteiger partial charge is 0.325 e. The van der Waals surface area contributed by atoms with Crippen LogP contribution >= 0.6 is 0 Å². The minimum absolute atomic E-state index is 0.0893. The standard InChI is InChI=1S/C14H14N4O5/c19-12(15-9-3-5-10(6-4-9)18(22)23)8-17-13(20)11-2-1-7-16(11)14(17)21/h3-6,11H,1-2,7-8H2,(H,15,19). The molecule has 2 aliphatic rings. The van der Waals surface area contributed by atoms with E-state index in [0.29, 0.717) is 18.7 Å². The number of benzene rings is 1. The highest BCUT2D eigenvalue weighted by Crippen LogP contribution is 2.27. The van der Waals surface area contributed by atoms with Crippen molar-refractivity contribution < 1.29 is 19.3 Å². The van der Waals surface area contributed by atoms with E-state index in [0.717, 1.165) is 11.3 Å². The van der Waals surface area contributed by atoms with E-state index in [2.05, 4.69) is 5.32 Å². The molecule has 0 bridgehead atoms. The quantitative estimate of drug-likeness (QED) is 0.504. The molecule has 2 heterocycles. The van der Waals surface area contributed by atoms with Gasteiger partial charge in [0.05, 0.1) is 4.92 Å². The average molecular weight is 318 g/mol. The molecule has 9 nitrogen and oxygen atoms in total. The third kappa shape index (κ3) is 2.72. The lowest BCUT2D eigenvalue weighted by molar-refractivity contribution is -0.384. The zero-order valence-corrected chi connectivity index (χ0v) is 12.1. The van der Waals surface area contributed by atoms with Crippen LogP contribution in [0.1, 0.15) is 12.8 Å². The number of rotatable bonds is 4. The van der Waals surface area contributed by atoms with E-state index in [-0.39, 0.29) is 18.1 Å². The minimum atomic E-state index is -0.541. The summed E-state index contributed by atoms with van der Waals surface area (Å²) in [4.78, 5) is 48.6. The molecule has 1 unspecified atom stereocenters. The van der Waals surface area contributed by atoms with Gasteiger partial charge in [-0.25, -0.2) is 4.79 Å².